The van der Waals surface area contributed by atoms with Crippen molar-refractivity contribution in [2.45, 2.75) is 31.4 Å². The molecule has 5 nitrogen and oxygen atoms in total. The first-order chi connectivity index (χ1) is 9.85. The molecule has 116 valence electrons. The minimum Gasteiger partial charge on any atom is -0.469 e. The lowest BCUT2D eigenvalue weighted by Gasteiger charge is -2.19. The maximum atomic E-state index is 12.5. The van der Waals surface area contributed by atoms with Gasteiger partial charge in [-0.05, 0) is 43.5 Å². The number of hydrogen-bond donors (Lipinski definition) is 1. The molecule has 1 fully saturated rings. The fraction of sp³-hybridized carbons (Fsp3) is 0.500. The Kier molecular flexibility index (Phi) is 4.93. The Labute approximate surface area is 133 Å². The van der Waals surface area contributed by atoms with Crippen LogP contribution >= 0.6 is 15.9 Å². The monoisotopic (exact) mass is 375 g/mol. The van der Waals surface area contributed by atoms with Gasteiger partial charge in [-0.25, -0.2) is 8.42 Å². The zero-order valence-corrected chi connectivity index (χ0v) is 14.3. The van der Waals surface area contributed by atoms with E-state index in [1.54, 1.807) is 18.2 Å². The Morgan fingerprint density at radius 2 is 2.10 bits per heavy atom. The molecule has 1 aromatic rings. The maximum Gasteiger partial charge on any atom is 0.310 e. The number of hydrogen-bond acceptors (Lipinski definition) is 4. The van der Waals surface area contributed by atoms with Gasteiger partial charge in [-0.15, -0.1) is 0 Å². The van der Waals surface area contributed by atoms with E-state index in [1.807, 2.05) is 6.92 Å². The van der Waals surface area contributed by atoms with Crippen molar-refractivity contribution in [3.05, 3.63) is 28.2 Å². The minimum absolute atomic E-state index is 0.449. The number of carbonyl (C=O) groups is 1. The predicted octanol–water partition coefficient (Wildman–Crippen LogP) is 2.84. The van der Waals surface area contributed by atoms with Gasteiger partial charge in [0.25, 0.3) is 0 Å². The van der Waals surface area contributed by atoms with Crippen LogP contribution in [0.15, 0.2) is 22.7 Å². The summed E-state index contributed by atoms with van der Waals surface area (Å²) in [4.78, 5) is 11.7. The van der Waals surface area contributed by atoms with Gasteiger partial charge < -0.3 is 4.74 Å². The molecule has 0 aromatic heterocycles. The van der Waals surface area contributed by atoms with Crippen LogP contribution in [0.25, 0.3) is 0 Å². The molecule has 0 aliphatic heterocycles. The van der Waals surface area contributed by atoms with Crippen molar-refractivity contribution < 1.29 is 17.9 Å². The van der Waals surface area contributed by atoms with E-state index in [0.29, 0.717) is 24.9 Å². The first-order valence-corrected chi connectivity index (χ1v) is 9.04. The van der Waals surface area contributed by atoms with Gasteiger partial charge >= 0.3 is 5.97 Å². The summed E-state index contributed by atoms with van der Waals surface area (Å²) >= 11 is 3.37. The molecular weight excluding hydrogens is 358 g/mol. The molecule has 1 aliphatic carbocycles. The standard InChI is InChI=1S/C14H18BrNO4S/c1-9-8-10(6-7-12(9)15)16-21(18,19)13-5-3-4-11(13)14(17)20-2/h6-8,11,13,16H,3-5H2,1-2H3. The second kappa shape index (κ2) is 6.36. The van der Waals surface area contributed by atoms with E-state index >= 15 is 0 Å². The van der Waals surface area contributed by atoms with Gasteiger partial charge in [0.1, 0.15) is 0 Å². The lowest BCUT2D eigenvalue weighted by Crippen LogP contribution is -2.35. The van der Waals surface area contributed by atoms with Crippen molar-refractivity contribution in [1.82, 2.24) is 0 Å². The predicted molar refractivity (Wildman–Crippen MR) is 84.6 cm³/mol. The Hall–Kier alpha value is -1.08. The summed E-state index contributed by atoms with van der Waals surface area (Å²) in [5.74, 6) is -1.03. The summed E-state index contributed by atoms with van der Waals surface area (Å²) in [6, 6.07) is 5.24. The Balaban J connectivity index is 2.21. The average Bonchev–Trinajstić information content (AvgIpc) is 2.92. The smallest absolute Gasteiger partial charge is 0.310 e. The zero-order valence-electron chi connectivity index (χ0n) is 11.9. The maximum absolute atomic E-state index is 12.5. The summed E-state index contributed by atoms with van der Waals surface area (Å²) in [7, 11) is -2.33. The second-order valence-corrected chi connectivity index (χ2v) is 7.96. The second-order valence-electron chi connectivity index (χ2n) is 5.21. The lowest BCUT2D eigenvalue weighted by molar-refractivity contribution is -0.145. The molecule has 2 rings (SSSR count). The van der Waals surface area contributed by atoms with Crippen LogP contribution in [0.1, 0.15) is 24.8 Å². The van der Waals surface area contributed by atoms with Crippen LogP contribution < -0.4 is 4.72 Å². The molecular formula is C14H18BrNO4S. The van der Waals surface area contributed by atoms with Crippen molar-refractivity contribution in [3.8, 4) is 0 Å². The summed E-state index contributed by atoms with van der Waals surface area (Å²) < 4.78 is 33.2. The number of anilines is 1. The van der Waals surface area contributed by atoms with Crippen molar-refractivity contribution >= 4 is 37.6 Å². The number of ether oxygens (including phenoxy) is 1. The highest BCUT2D eigenvalue weighted by Gasteiger charge is 2.42. The SMILES string of the molecule is COC(=O)C1CCCC1S(=O)(=O)Nc1ccc(Br)c(C)c1. The van der Waals surface area contributed by atoms with Crippen LogP contribution in [0.5, 0.6) is 0 Å². The number of carbonyl (C=O) groups excluding carboxylic acids is 1. The first-order valence-electron chi connectivity index (χ1n) is 6.71. The molecule has 2 atom stereocenters. The van der Waals surface area contributed by atoms with Gasteiger partial charge in [-0.3, -0.25) is 9.52 Å². The quantitative estimate of drug-likeness (QED) is 0.821. The lowest BCUT2D eigenvalue weighted by atomic mass is 10.1. The fourth-order valence-corrected chi connectivity index (χ4v) is 4.68. The zero-order chi connectivity index (χ0) is 15.6. The van der Waals surface area contributed by atoms with E-state index in [-0.39, 0.29) is 0 Å². The molecule has 2 unspecified atom stereocenters. The molecule has 1 saturated carbocycles. The molecule has 1 aromatic carbocycles. The van der Waals surface area contributed by atoms with Gasteiger partial charge in [0, 0.05) is 10.2 Å². The summed E-state index contributed by atoms with van der Waals surface area (Å²) in [6.45, 7) is 1.88. The molecule has 0 amide bonds. The fourth-order valence-electron chi connectivity index (χ4n) is 2.67. The Morgan fingerprint density at radius 3 is 2.71 bits per heavy atom. The molecule has 0 bridgehead atoms. The molecule has 21 heavy (non-hydrogen) atoms. The van der Waals surface area contributed by atoms with Crippen LogP contribution in [-0.2, 0) is 19.6 Å². The van der Waals surface area contributed by atoms with Crippen LogP contribution in [0.3, 0.4) is 0 Å². The van der Waals surface area contributed by atoms with Crippen molar-refractivity contribution in [1.29, 1.82) is 0 Å². The summed E-state index contributed by atoms with van der Waals surface area (Å²) in [5.41, 5.74) is 1.44. The molecule has 0 heterocycles. The molecule has 0 radical (unpaired) electrons. The number of benzene rings is 1. The van der Waals surface area contributed by atoms with Crippen molar-refractivity contribution in [2.24, 2.45) is 5.92 Å². The number of nitrogens with one attached hydrogen (secondary N) is 1. The van der Waals surface area contributed by atoms with Gasteiger partial charge in [0.05, 0.1) is 18.3 Å². The van der Waals surface area contributed by atoms with Crippen LogP contribution in [0, 0.1) is 12.8 Å². The number of aryl methyl sites for hydroxylation is 1. The topological polar surface area (TPSA) is 72.5 Å². The highest BCUT2D eigenvalue weighted by atomic mass is 79.9. The highest BCUT2D eigenvalue weighted by Crippen LogP contribution is 2.33. The van der Waals surface area contributed by atoms with Gasteiger partial charge in [-0.1, -0.05) is 22.4 Å². The number of rotatable bonds is 4. The van der Waals surface area contributed by atoms with E-state index in [2.05, 4.69) is 20.7 Å². The van der Waals surface area contributed by atoms with E-state index in [9.17, 15) is 13.2 Å². The number of sulfonamides is 1. The van der Waals surface area contributed by atoms with Crippen LogP contribution in [-0.4, -0.2) is 26.7 Å². The molecule has 0 saturated heterocycles. The van der Waals surface area contributed by atoms with Crippen molar-refractivity contribution in [3.63, 3.8) is 0 Å². The minimum atomic E-state index is -3.61. The third kappa shape index (κ3) is 3.58. The van der Waals surface area contributed by atoms with Gasteiger partial charge in [0.15, 0.2) is 0 Å². The van der Waals surface area contributed by atoms with E-state index < -0.39 is 27.2 Å². The first kappa shape index (κ1) is 16.3. The third-order valence-electron chi connectivity index (χ3n) is 3.77. The summed E-state index contributed by atoms with van der Waals surface area (Å²) in [5, 5.41) is -0.728. The number of methoxy groups -OCH3 is 1. The van der Waals surface area contributed by atoms with Crippen molar-refractivity contribution in [2.75, 3.05) is 11.8 Å². The Morgan fingerprint density at radius 1 is 1.38 bits per heavy atom. The van der Waals surface area contributed by atoms with Crippen LogP contribution in [0.2, 0.25) is 0 Å². The van der Waals surface area contributed by atoms with Gasteiger partial charge in [-0.2, -0.15) is 0 Å². The van der Waals surface area contributed by atoms with Crippen LogP contribution in [0.4, 0.5) is 5.69 Å². The number of esters is 1. The number of halogens is 1. The van der Waals surface area contributed by atoms with Gasteiger partial charge in [0.2, 0.25) is 10.0 Å². The highest BCUT2D eigenvalue weighted by molar-refractivity contribution is 9.10. The average molecular weight is 376 g/mol. The van der Waals surface area contributed by atoms with E-state index in [4.69, 9.17) is 4.74 Å². The normalized spacial score (nSPS) is 22.0. The molecule has 1 N–H and O–H groups in total. The largest absolute Gasteiger partial charge is 0.469 e. The van der Waals surface area contributed by atoms with E-state index in [0.717, 1.165) is 10.0 Å². The summed E-state index contributed by atoms with van der Waals surface area (Å²) in [6.07, 6.45) is 1.74. The molecule has 7 heteroatoms. The Bertz CT molecular complexity index is 644. The third-order valence-corrected chi connectivity index (χ3v) is 6.54. The molecule has 0 spiro atoms. The van der Waals surface area contributed by atoms with E-state index in [1.165, 1.54) is 7.11 Å². The molecule has 1 aliphatic rings.